The monoisotopic (exact) mass is 493 g/mol. The van der Waals surface area contributed by atoms with Gasteiger partial charge in [0.25, 0.3) is 5.91 Å². The lowest BCUT2D eigenvalue weighted by atomic mass is 9.96. The van der Waals surface area contributed by atoms with E-state index in [-0.39, 0.29) is 23.8 Å². The fourth-order valence-corrected chi connectivity index (χ4v) is 4.41. The molecule has 1 atom stereocenters. The van der Waals surface area contributed by atoms with Crippen molar-refractivity contribution in [1.29, 1.82) is 0 Å². The van der Waals surface area contributed by atoms with Crippen LogP contribution in [0.1, 0.15) is 44.0 Å². The second-order valence-electron chi connectivity index (χ2n) is 10.2. The predicted molar refractivity (Wildman–Crippen MR) is 135 cm³/mol. The molecule has 1 unspecified atom stereocenters. The number of aromatic nitrogens is 1. The average molecular weight is 494 g/mol. The topological polar surface area (TPSA) is 75.9 Å². The van der Waals surface area contributed by atoms with E-state index >= 15 is 0 Å². The molecule has 0 spiro atoms. The molecular weight excluding hydrogens is 461 g/mol. The first kappa shape index (κ1) is 25.4. The molecule has 0 radical (unpaired) electrons. The summed E-state index contributed by atoms with van der Waals surface area (Å²) in [7, 11) is 1.72. The molecule has 7 nitrogen and oxygen atoms in total. The molecular formula is C28H32FN3O4. The van der Waals surface area contributed by atoms with Gasteiger partial charge in [-0.15, -0.1) is 0 Å². The summed E-state index contributed by atoms with van der Waals surface area (Å²) in [5, 5.41) is 0. The van der Waals surface area contributed by atoms with E-state index in [0.717, 1.165) is 12.8 Å². The second-order valence-corrected chi connectivity index (χ2v) is 10.2. The molecule has 2 aromatic carbocycles. The van der Waals surface area contributed by atoms with Crippen LogP contribution in [0, 0.1) is 11.7 Å². The standard InChI is InChI=1S/C28H32FN3O4/c1-28(2,3)36-27(34)31(4)17-19-10-9-15-32(18-19)26(33)21-12-6-5-11-20(21)25-30-16-24(35-25)22-13-7-8-14-23(22)29/h5-8,11-14,16,19H,9-10,15,17-18H2,1-4H3. The third-order valence-electron chi connectivity index (χ3n) is 6.08. The zero-order valence-corrected chi connectivity index (χ0v) is 21.2. The summed E-state index contributed by atoms with van der Waals surface area (Å²) >= 11 is 0. The lowest BCUT2D eigenvalue weighted by Crippen LogP contribution is -2.45. The number of hydrogen-bond donors (Lipinski definition) is 0. The minimum Gasteiger partial charge on any atom is -0.444 e. The van der Waals surface area contributed by atoms with E-state index in [9.17, 15) is 14.0 Å². The van der Waals surface area contributed by atoms with Crippen molar-refractivity contribution >= 4 is 12.0 Å². The van der Waals surface area contributed by atoms with Gasteiger partial charge in [0, 0.05) is 32.2 Å². The molecule has 1 aliphatic heterocycles. The van der Waals surface area contributed by atoms with Gasteiger partial charge >= 0.3 is 6.09 Å². The van der Waals surface area contributed by atoms with Gasteiger partial charge in [0.1, 0.15) is 11.4 Å². The molecule has 4 rings (SSSR count). The quantitative estimate of drug-likeness (QED) is 0.445. The highest BCUT2D eigenvalue weighted by molar-refractivity contribution is 6.00. The minimum atomic E-state index is -0.560. The van der Waals surface area contributed by atoms with E-state index < -0.39 is 11.4 Å². The van der Waals surface area contributed by atoms with Gasteiger partial charge in [-0.3, -0.25) is 4.79 Å². The van der Waals surface area contributed by atoms with Crippen molar-refractivity contribution in [3.05, 3.63) is 66.1 Å². The van der Waals surface area contributed by atoms with Gasteiger partial charge in [0.05, 0.1) is 17.3 Å². The smallest absolute Gasteiger partial charge is 0.410 e. The van der Waals surface area contributed by atoms with E-state index in [1.54, 1.807) is 48.3 Å². The van der Waals surface area contributed by atoms with Gasteiger partial charge in [0.15, 0.2) is 5.76 Å². The molecule has 0 bridgehead atoms. The van der Waals surface area contributed by atoms with Gasteiger partial charge in [-0.2, -0.15) is 0 Å². The van der Waals surface area contributed by atoms with Crippen molar-refractivity contribution in [2.75, 3.05) is 26.7 Å². The van der Waals surface area contributed by atoms with Crippen molar-refractivity contribution < 1.29 is 23.1 Å². The van der Waals surface area contributed by atoms with Crippen LogP contribution >= 0.6 is 0 Å². The number of hydrogen-bond acceptors (Lipinski definition) is 5. The molecule has 36 heavy (non-hydrogen) atoms. The molecule has 1 fully saturated rings. The molecule has 0 N–H and O–H groups in total. The second kappa shape index (κ2) is 10.5. The molecule has 1 saturated heterocycles. The number of carbonyl (C=O) groups is 2. The Morgan fingerprint density at radius 3 is 2.56 bits per heavy atom. The molecule has 2 heterocycles. The number of oxazole rings is 1. The molecule has 0 saturated carbocycles. The fraction of sp³-hybridized carbons (Fsp3) is 0.393. The van der Waals surface area contributed by atoms with Crippen LogP contribution in [-0.4, -0.2) is 59.1 Å². The lowest BCUT2D eigenvalue weighted by molar-refractivity contribution is 0.0244. The van der Waals surface area contributed by atoms with Crippen LogP contribution in [-0.2, 0) is 4.74 Å². The van der Waals surface area contributed by atoms with E-state index in [2.05, 4.69) is 4.98 Å². The van der Waals surface area contributed by atoms with Gasteiger partial charge in [-0.05, 0) is 63.8 Å². The summed E-state index contributed by atoms with van der Waals surface area (Å²) in [5.41, 5.74) is 0.780. The van der Waals surface area contributed by atoms with E-state index in [4.69, 9.17) is 9.15 Å². The summed E-state index contributed by atoms with van der Waals surface area (Å²) < 4.78 is 25.5. The Morgan fingerprint density at radius 2 is 1.83 bits per heavy atom. The largest absolute Gasteiger partial charge is 0.444 e. The first-order chi connectivity index (χ1) is 17.1. The van der Waals surface area contributed by atoms with Crippen LogP contribution in [0.4, 0.5) is 9.18 Å². The summed E-state index contributed by atoms with van der Waals surface area (Å²) in [6, 6.07) is 13.5. The Kier molecular flexibility index (Phi) is 7.43. The zero-order valence-electron chi connectivity index (χ0n) is 21.2. The number of benzene rings is 2. The number of piperidine rings is 1. The van der Waals surface area contributed by atoms with Crippen LogP contribution in [0.25, 0.3) is 22.8 Å². The summed E-state index contributed by atoms with van der Waals surface area (Å²) in [6.45, 7) is 7.18. The van der Waals surface area contributed by atoms with Crippen LogP contribution in [0.15, 0.2) is 59.1 Å². The van der Waals surface area contributed by atoms with Crippen molar-refractivity contribution in [2.45, 2.75) is 39.2 Å². The third kappa shape index (κ3) is 5.93. The molecule has 190 valence electrons. The highest BCUT2D eigenvalue weighted by Gasteiger charge is 2.29. The van der Waals surface area contributed by atoms with Gasteiger partial charge in [0.2, 0.25) is 5.89 Å². The van der Waals surface area contributed by atoms with Crippen LogP contribution in [0.2, 0.25) is 0 Å². The maximum Gasteiger partial charge on any atom is 0.410 e. The van der Waals surface area contributed by atoms with E-state index in [1.807, 2.05) is 31.7 Å². The molecule has 8 heteroatoms. The first-order valence-corrected chi connectivity index (χ1v) is 12.2. The molecule has 1 aliphatic rings. The fourth-order valence-electron chi connectivity index (χ4n) is 4.41. The van der Waals surface area contributed by atoms with Crippen molar-refractivity contribution in [1.82, 2.24) is 14.8 Å². The van der Waals surface area contributed by atoms with E-state index in [1.165, 1.54) is 12.3 Å². The normalized spacial score (nSPS) is 16.0. The SMILES string of the molecule is CN(CC1CCCN(C(=O)c2ccccc2-c2ncc(-c3ccccc3F)o2)C1)C(=O)OC(C)(C)C. The molecule has 0 aliphatic carbocycles. The van der Waals surface area contributed by atoms with Gasteiger partial charge in [-0.1, -0.05) is 24.3 Å². The first-order valence-electron chi connectivity index (χ1n) is 12.2. The average Bonchev–Trinajstić information content (AvgIpc) is 3.33. The number of nitrogens with zero attached hydrogens (tertiary/aromatic N) is 3. The maximum absolute atomic E-state index is 14.2. The third-order valence-corrected chi connectivity index (χ3v) is 6.08. The van der Waals surface area contributed by atoms with Crippen LogP contribution < -0.4 is 0 Å². The number of amides is 2. The number of halogens is 1. The van der Waals surface area contributed by atoms with Gasteiger partial charge in [-0.25, -0.2) is 14.2 Å². The zero-order chi connectivity index (χ0) is 25.9. The number of rotatable bonds is 5. The Hall–Kier alpha value is -3.68. The Morgan fingerprint density at radius 1 is 1.14 bits per heavy atom. The molecule has 2 amide bonds. The Labute approximate surface area is 210 Å². The summed E-state index contributed by atoms with van der Waals surface area (Å²) in [5.74, 6) is 0.173. The Balaban J connectivity index is 1.49. The van der Waals surface area contributed by atoms with Gasteiger partial charge < -0.3 is 19.0 Å². The molecule has 3 aromatic rings. The molecule has 1 aromatic heterocycles. The number of likely N-dealkylation sites (tertiary alicyclic amines) is 1. The lowest BCUT2D eigenvalue weighted by Gasteiger charge is -2.35. The number of ether oxygens (including phenoxy) is 1. The van der Waals surface area contributed by atoms with Crippen LogP contribution in [0.5, 0.6) is 0 Å². The predicted octanol–water partition coefficient (Wildman–Crippen LogP) is 5.87. The number of carbonyl (C=O) groups excluding carboxylic acids is 2. The Bertz CT molecular complexity index is 1230. The van der Waals surface area contributed by atoms with Crippen molar-refractivity contribution in [3.63, 3.8) is 0 Å². The highest BCUT2D eigenvalue weighted by Crippen LogP contribution is 2.31. The maximum atomic E-state index is 14.2. The minimum absolute atomic E-state index is 0.124. The van der Waals surface area contributed by atoms with Crippen molar-refractivity contribution in [2.24, 2.45) is 5.92 Å². The summed E-state index contributed by atoms with van der Waals surface area (Å²) in [6.07, 6.45) is 2.87. The van der Waals surface area contributed by atoms with Crippen LogP contribution in [0.3, 0.4) is 0 Å². The van der Waals surface area contributed by atoms with Crippen molar-refractivity contribution in [3.8, 4) is 22.8 Å². The highest BCUT2D eigenvalue weighted by atomic mass is 19.1. The van der Waals surface area contributed by atoms with E-state index in [0.29, 0.717) is 42.1 Å². The summed E-state index contributed by atoms with van der Waals surface area (Å²) in [4.78, 5) is 33.7.